The molecule has 0 radical (unpaired) electrons. The van der Waals surface area contributed by atoms with Gasteiger partial charge >= 0.3 is 0 Å². The van der Waals surface area contributed by atoms with Crippen molar-refractivity contribution in [1.82, 2.24) is 20.1 Å². The molecule has 1 fully saturated rings. The molecule has 3 rings (SSSR count). The van der Waals surface area contributed by atoms with Crippen LogP contribution in [0.5, 0.6) is 5.88 Å². The summed E-state index contributed by atoms with van der Waals surface area (Å²) in [5.41, 5.74) is 2.47. The van der Waals surface area contributed by atoms with Crippen LogP contribution in [0.2, 0.25) is 0 Å². The molecule has 2 heterocycles. The van der Waals surface area contributed by atoms with Gasteiger partial charge in [-0.2, -0.15) is 0 Å². The lowest BCUT2D eigenvalue weighted by molar-refractivity contribution is 0.172. The maximum atomic E-state index is 5.19. The van der Waals surface area contributed by atoms with Crippen LogP contribution < -0.4 is 10.1 Å². The minimum atomic E-state index is 0.617. The fourth-order valence-electron chi connectivity index (χ4n) is 3.21. The van der Waals surface area contributed by atoms with E-state index >= 15 is 0 Å². The molecule has 0 spiro atoms. The number of ether oxygens (including phenoxy) is 1. The van der Waals surface area contributed by atoms with Crippen molar-refractivity contribution in [2.45, 2.75) is 20.0 Å². The second-order valence-corrected chi connectivity index (χ2v) is 6.63. The highest BCUT2D eigenvalue weighted by molar-refractivity contribution is 5.80. The number of piperazine rings is 1. The van der Waals surface area contributed by atoms with Gasteiger partial charge in [-0.3, -0.25) is 4.90 Å². The molecule has 0 unspecified atom stereocenters. The van der Waals surface area contributed by atoms with Crippen LogP contribution in [0.15, 0.2) is 53.7 Å². The highest BCUT2D eigenvalue weighted by Gasteiger charge is 2.19. The van der Waals surface area contributed by atoms with E-state index in [9.17, 15) is 0 Å². The van der Waals surface area contributed by atoms with Crippen molar-refractivity contribution < 1.29 is 4.74 Å². The number of aromatic nitrogens is 1. The van der Waals surface area contributed by atoms with E-state index in [-0.39, 0.29) is 0 Å². The van der Waals surface area contributed by atoms with Gasteiger partial charge in [0.2, 0.25) is 5.88 Å². The molecule has 6 heteroatoms. The number of aliphatic imine (C=N–C) groups is 1. The molecular formula is C21H29N5O. The monoisotopic (exact) mass is 367 g/mol. The lowest BCUT2D eigenvalue weighted by Crippen LogP contribution is -2.52. The predicted octanol–water partition coefficient (Wildman–Crippen LogP) is 2.37. The number of rotatable bonds is 6. The molecule has 1 aromatic carbocycles. The molecule has 1 aromatic heterocycles. The van der Waals surface area contributed by atoms with Crippen molar-refractivity contribution in [3.8, 4) is 5.88 Å². The van der Waals surface area contributed by atoms with E-state index in [1.54, 1.807) is 13.3 Å². The summed E-state index contributed by atoms with van der Waals surface area (Å²) in [5, 5.41) is 3.43. The second kappa shape index (κ2) is 9.92. The van der Waals surface area contributed by atoms with Gasteiger partial charge in [0.25, 0.3) is 0 Å². The van der Waals surface area contributed by atoms with Crippen molar-refractivity contribution in [3.63, 3.8) is 0 Å². The van der Waals surface area contributed by atoms with Gasteiger partial charge in [-0.1, -0.05) is 30.3 Å². The van der Waals surface area contributed by atoms with Gasteiger partial charge in [0.1, 0.15) is 0 Å². The van der Waals surface area contributed by atoms with E-state index in [0.717, 1.165) is 50.8 Å². The molecular weight excluding hydrogens is 338 g/mol. The average Bonchev–Trinajstić information content (AvgIpc) is 2.73. The summed E-state index contributed by atoms with van der Waals surface area (Å²) < 4.78 is 5.19. The molecule has 0 bridgehead atoms. The van der Waals surface area contributed by atoms with Crippen LogP contribution in [0.3, 0.4) is 0 Å². The molecule has 6 nitrogen and oxygen atoms in total. The number of methoxy groups -OCH3 is 1. The van der Waals surface area contributed by atoms with Crippen LogP contribution in [0.25, 0.3) is 0 Å². The third-order valence-electron chi connectivity index (χ3n) is 4.68. The maximum absolute atomic E-state index is 5.19. The molecule has 1 saturated heterocycles. The summed E-state index contributed by atoms with van der Waals surface area (Å²) in [6, 6.07) is 14.6. The third kappa shape index (κ3) is 5.69. The number of benzene rings is 1. The van der Waals surface area contributed by atoms with Crippen LogP contribution >= 0.6 is 0 Å². The molecule has 2 aromatic rings. The van der Waals surface area contributed by atoms with Gasteiger partial charge in [0.15, 0.2) is 5.96 Å². The molecule has 27 heavy (non-hydrogen) atoms. The fraction of sp³-hybridized carbons (Fsp3) is 0.429. The predicted molar refractivity (Wildman–Crippen MR) is 109 cm³/mol. The molecule has 1 aliphatic rings. The van der Waals surface area contributed by atoms with Crippen LogP contribution in [0.4, 0.5) is 0 Å². The van der Waals surface area contributed by atoms with Gasteiger partial charge in [-0.05, 0) is 24.1 Å². The molecule has 1 aliphatic heterocycles. The van der Waals surface area contributed by atoms with Crippen molar-refractivity contribution in [3.05, 3.63) is 59.8 Å². The SMILES string of the molecule is CCNC(=NCc1ccnc(OC)c1)N1CCN(Cc2ccccc2)CC1. The Balaban J connectivity index is 1.57. The van der Waals surface area contributed by atoms with Gasteiger partial charge in [-0.25, -0.2) is 9.98 Å². The first-order valence-corrected chi connectivity index (χ1v) is 9.57. The highest BCUT2D eigenvalue weighted by Crippen LogP contribution is 2.11. The largest absolute Gasteiger partial charge is 0.481 e. The number of pyridine rings is 1. The number of hydrogen-bond acceptors (Lipinski definition) is 4. The third-order valence-corrected chi connectivity index (χ3v) is 4.68. The zero-order valence-corrected chi connectivity index (χ0v) is 16.3. The first-order chi connectivity index (χ1) is 13.3. The van der Waals surface area contributed by atoms with Crippen molar-refractivity contribution in [1.29, 1.82) is 0 Å². The minimum absolute atomic E-state index is 0.617. The number of guanidine groups is 1. The van der Waals surface area contributed by atoms with E-state index in [1.165, 1.54) is 5.56 Å². The molecule has 0 amide bonds. The first kappa shape index (κ1) is 19.2. The van der Waals surface area contributed by atoms with Crippen LogP contribution in [0, 0.1) is 0 Å². The van der Waals surface area contributed by atoms with Crippen LogP contribution in [0.1, 0.15) is 18.1 Å². The molecule has 1 N–H and O–H groups in total. The van der Waals surface area contributed by atoms with Gasteiger partial charge < -0.3 is 15.0 Å². The van der Waals surface area contributed by atoms with E-state index in [4.69, 9.17) is 9.73 Å². The zero-order chi connectivity index (χ0) is 18.9. The summed E-state index contributed by atoms with van der Waals surface area (Å²) in [5.74, 6) is 1.61. The molecule has 0 aliphatic carbocycles. The van der Waals surface area contributed by atoms with Crippen molar-refractivity contribution >= 4 is 5.96 Å². The Hall–Kier alpha value is -2.60. The van der Waals surface area contributed by atoms with E-state index in [0.29, 0.717) is 12.4 Å². The topological polar surface area (TPSA) is 53.0 Å². The minimum Gasteiger partial charge on any atom is -0.481 e. The molecule has 144 valence electrons. The summed E-state index contributed by atoms with van der Waals surface area (Å²) in [6.07, 6.45) is 1.76. The number of nitrogens with one attached hydrogen (secondary N) is 1. The smallest absolute Gasteiger partial charge is 0.213 e. The Morgan fingerprint density at radius 1 is 1.11 bits per heavy atom. The van der Waals surface area contributed by atoms with Crippen LogP contribution in [-0.4, -0.2) is 60.6 Å². The van der Waals surface area contributed by atoms with E-state index in [1.807, 2.05) is 12.1 Å². The quantitative estimate of drug-likeness (QED) is 0.628. The lowest BCUT2D eigenvalue weighted by Gasteiger charge is -2.36. The summed E-state index contributed by atoms with van der Waals surface area (Å²) in [7, 11) is 1.63. The Bertz CT molecular complexity index is 726. The summed E-state index contributed by atoms with van der Waals surface area (Å²) in [4.78, 5) is 13.8. The number of nitrogens with zero attached hydrogens (tertiary/aromatic N) is 4. The van der Waals surface area contributed by atoms with Gasteiger partial charge in [0, 0.05) is 51.5 Å². The second-order valence-electron chi connectivity index (χ2n) is 6.63. The standard InChI is InChI=1S/C21H29N5O/c1-3-22-21(24-16-19-9-10-23-20(15-19)27-2)26-13-11-25(12-14-26)17-18-7-5-4-6-8-18/h4-10,15H,3,11-14,16-17H2,1-2H3,(H,22,24). The normalized spacial score (nSPS) is 15.6. The average molecular weight is 367 g/mol. The Morgan fingerprint density at radius 3 is 2.59 bits per heavy atom. The Morgan fingerprint density at radius 2 is 1.89 bits per heavy atom. The van der Waals surface area contributed by atoms with E-state index in [2.05, 4.69) is 57.4 Å². The van der Waals surface area contributed by atoms with Gasteiger partial charge in [-0.15, -0.1) is 0 Å². The lowest BCUT2D eigenvalue weighted by atomic mass is 10.2. The van der Waals surface area contributed by atoms with E-state index < -0.39 is 0 Å². The summed E-state index contributed by atoms with van der Waals surface area (Å²) in [6.45, 7) is 8.66. The first-order valence-electron chi connectivity index (χ1n) is 9.57. The van der Waals surface area contributed by atoms with Crippen molar-refractivity contribution in [2.24, 2.45) is 4.99 Å². The van der Waals surface area contributed by atoms with Crippen molar-refractivity contribution in [2.75, 3.05) is 39.8 Å². The highest BCUT2D eigenvalue weighted by atomic mass is 16.5. The van der Waals surface area contributed by atoms with Crippen LogP contribution in [-0.2, 0) is 13.1 Å². The zero-order valence-electron chi connectivity index (χ0n) is 16.3. The molecule has 0 atom stereocenters. The fourth-order valence-corrected chi connectivity index (χ4v) is 3.21. The Labute approximate surface area is 161 Å². The Kier molecular flexibility index (Phi) is 7.04. The molecule has 0 saturated carbocycles. The number of hydrogen-bond donors (Lipinski definition) is 1. The summed E-state index contributed by atoms with van der Waals surface area (Å²) >= 11 is 0. The maximum Gasteiger partial charge on any atom is 0.213 e. The van der Waals surface area contributed by atoms with Gasteiger partial charge in [0.05, 0.1) is 13.7 Å².